The lowest BCUT2D eigenvalue weighted by atomic mass is 9.65. The van der Waals surface area contributed by atoms with Crippen molar-refractivity contribution in [2.45, 2.75) is 187 Å². The summed E-state index contributed by atoms with van der Waals surface area (Å²) < 4.78 is 0.740. The fourth-order valence-electron chi connectivity index (χ4n) is 6.83. The second kappa shape index (κ2) is 19.5. The smallest absolute Gasteiger partial charge is 0.128 e. The van der Waals surface area contributed by atoms with Gasteiger partial charge in [0, 0.05) is 25.2 Å². The molecule has 0 aliphatic heterocycles. The number of carbonyl (C=O) groups excluding carboxylic acids is 1. The normalized spacial score (nSPS) is 14.4. The molecule has 0 amide bonds. The summed E-state index contributed by atoms with van der Waals surface area (Å²) in [5, 5.41) is 24.8. The molecule has 0 radical (unpaired) electrons. The van der Waals surface area contributed by atoms with Gasteiger partial charge in [-0.05, 0) is 44.9 Å². The van der Waals surface area contributed by atoms with Crippen LogP contribution in [-0.2, 0) is 4.79 Å². The molecule has 1 N–H and O–H groups in total. The second-order valence-corrected chi connectivity index (χ2v) is 12.2. The number of hydrogen-bond acceptors (Lipinski definition) is 3. The molecule has 0 heterocycles. The van der Waals surface area contributed by atoms with E-state index >= 15 is 0 Å². The Morgan fingerprint density at radius 2 is 1.03 bits per heavy atom. The van der Waals surface area contributed by atoms with Crippen molar-refractivity contribution in [3.8, 4) is 0 Å². The fourth-order valence-corrected chi connectivity index (χ4v) is 6.83. The first-order valence-corrected chi connectivity index (χ1v) is 15.9. The van der Waals surface area contributed by atoms with Crippen molar-refractivity contribution in [2.75, 3.05) is 14.1 Å². The summed E-state index contributed by atoms with van der Waals surface area (Å²) in [4.78, 5) is 12.2. The first-order chi connectivity index (χ1) is 17.1. The summed E-state index contributed by atoms with van der Waals surface area (Å²) in [6, 6.07) is 0.436. The predicted octanol–water partition coefficient (Wildman–Crippen LogP) is 7.94. The number of likely N-dealkylation sites (N-methyl/N-ethyl adjacent to an activating group) is 1. The predicted molar refractivity (Wildman–Crippen MR) is 154 cm³/mol. The molecular weight excluding hydrogens is 446 g/mol. The van der Waals surface area contributed by atoms with Crippen LogP contribution in [-0.4, -0.2) is 46.8 Å². The number of quaternary nitrogens is 1. The molecule has 0 aromatic heterocycles. The summed E-state index contributed by atoms with van der Waals surface area (Å²) in [5.74, 6) is -1.10. The highest BCUT2D eigenvalue weighted by atomic mass is 16.4. The molecule has 36 heavy (non-hydrogen) atoms. The average molecular weight is 512 g/mol. The van der Waals surface area contributed by atoms with Crippen LogP contribution in [0.25, 0.3) is 0 Å². The van der Waals surface area contributed by atoms with Crippen LogP contribution in [0.3, 0.4) is 0 Å². The number of aliphatic carboxylic acids is 1. The van der Waals surface area contributed by atoms with E-state index in [1.165, 1.54) is 38.5 Å². The Bertz CT molecular complexity index is 528. The number of rotatable bonds is 25. The fraction of sp³-hybridized carbons (Fsp3) is 0.969. The van der Waals surface area contributed by atoms with Crippen LogP contribution < -0.4 is 5.11 Å². The van der Waals surface area contributed by atoms with Gasteiger partial charge in [0.15, 0.2) is 0 Å². The topological polar surface area (TPSA) is 60.4 Å². The van der Waals surface area contributed by atoms with Gasteiger partial charge >= 0.3 is 0 Å². The minimum atomic E-state index is -1.25. The highest BCUT2D eigenvalue weighted by Crippen LogP contribution is 2.48. The number of unbranched alkanes of at least 4 members (excludes halogenated alkanes) is 10. The quantitative estimate of drug-likeness (QED) is 0.0999. The third kappa shape index (κ3) is 11.0. The Labute approximate surface area is 226 Å². The Kier molecular flexibility index (Phi) is 19.1. The Morgan fingerprint density at radius 1 is 0.667 bits per heavy atom. The van der Waals surface area contributed by atoms with Gasteiger partial charge in [-0.2, -0.15) is 0 Å². The van der Waals surface area contributed by atoms with Crippen LogP contribution >= 0.6 is 0 Å². The number of aliphatic hydroxyl groups is 1. The molecule has 0 saturated heterocycles. The van der Waals surface area contributed by atoms with E-state index in [1.54, 1.807) is 0 Å². The summed E-state index contributed by atoms with van der Waals surface area (Å²) in [5.41, 5.74) is -1.73. The SMILES string of the molecule is CCCCCC(CCCCC)[N+](C)(C)C(CCCCC)(CCCCC)C(O)(CCCCC)CC(=O)[O-]. The molecule has 0 saturated carbocycles. The van der Waals surface area contributed by atoms with Crippen molar-refractivity contribution >= 4 is 5.97 Å². The van der Waals surface area contributed by atoms with Gasteiger partial charge in [0.25, 0.3) is 0 Å². The number of nitrogens with zero attached hydrogens (tertiary/aromatic N) is 1. The lowest BCUT2D eigenvalue weighted by Gasteiger charge is -2.60. The van der Waals surface area contributed by atoms with Crippen molar-refractivity contribution in [1.82, 2.24) is 0 Å². The third-order valence-corrected chi connectivity index (χ3v) is 9.18. The number of carboxylic acids is 1. The molecule has 0 aromatic rings. The Hall–Kier alpha value is -0.610. The summed E-state index contributed by atoms with van der Waals surface area (Å²) in [7, 11) is 4.70. The van der Waals surface area contributed by atoms with E-state index in [4.69, 9.17) is 0 Å². The standard InChI is InChI=1S/C32H65NO3/c1-8-13-18-23-29(24-19-14-9-2)33(6,7)31(25-20-15-10-3,26-21-16-11-4)32(36,28-30(34)35)27-22-17-12-5/h29,36H,8-28H2,1-7H3. The molecular formula is C32H65NO3. The van der Waals surface area contributed by atoms with Crippen LogP contribution in [0.1, 0.15) is 169 Å². The third-order valence-electron chi connectivity index (χ3n) is 9.18. The molecule has 4 heteroatoms. The van der Waals surface area contributed by atoms with E-state index in [9.17, 15) is 15.0 Å². The first-order valence-electron chi connectivity index (χ1n) is 15.9. The van der Waals surface area contributed by atoms with E-state index in [0.29, 0.717) is 12.5 Å². The minimum Gasteiger partial charge on any atom is -0.550 e. The molecule has 4 nitrogen and oxygen atoms in total. The van der Waals surface area contributed by atoms with Crippen molar-refractivity contribution in [3.63, 3.8) is 0 Å². The van der Waals surface area contributed by atoms with Crippen LogP contribution in [0.5, 0.6) is 0 Å². The maximum absolute atomic E-state index is 12.6. The molecule has 0 fully saturated rings. The molecule has 0 aromatic carbocycles. The number of carboxylic acid groups (broad SMARTS) is 1. The van der Waals surface area contributed by atoms with E-state index < -0.39 is 17.1 Å². The van der Waals surface area contributed by atoms with E-state index in [1.807, 2.05) is 0 Å². The molecule has 1 unspecified atom stereocenters. The van der Waals surface area contributed by atoms with Crippen LogP contribution in [0.15, 0.2) is 0 Å². The van der Waals surface area contributed by atoms with Crippen LogP contribution in [0.4, 0.5) is 0 Å². The lowest BCUT2D eigenvalue weighted by molar-refractivity contribution is -0.974. The molecule has 216 valence electrons. The number of carbonyl (C=O) groups is 1. The highest BCUT2D eigenvalue weighted by Gasteiger charge is 2.60. The zero-order chi connectivity index (χ0) is 27.5. The maximum atomic E-state index is 12.6. The van der Waals surface area contributed by atoms with E-state index in [-0.39, 0.29) is 6.42 Å². The van der Waals surface area contributed by atoms with Crippen molar-refractivity contribution in [2.24, 2.45) is 0 Å². The first kappa shape index (κ1) is 35.4. The number of hydrogen-bond donors (Lipinski definition) is 1. The van der Waals surface area contributed by atoms with Crippen LogP contribution in [0, 0.1) is 0 Å². The maximum Gasteiger partial charge on any atom is 0.128 e. The summed E-state index contributed by atoms with van der Waals surface area (Å²) >= 11 is 0. The van der Waals surface area contributed by atoms with Crippen LogP contribution in [0.2, 0.25) is 0 Å². The molecule has 0 bridgehead atoms. The Balaban J connectivity index is 6.76. The van der Waals surface area contributed by atoms with Gasteiger partial charge in [0.1, 0.15) is 11.1 Å². The van der Waals surface area contributed by atoms with Gasteiger partial charge in [-0.25, -0.2) is 0 Å². The van der Waals surface area contributed by atoms with Gasteiger partial charge < -0.3 is 19.5 Å². The van der Waals surface area contributed by atoms with Crippen molar-refractivity contribution < 1.29 is 19.5 Å². The van der Waals surface area contributed by atoms with Gasteiger partial charge in [0.05, 0.1) is 20.1 Å². The largest absolute Gasteiger partial charge is 0.550 e. The monoisotopic (exact) mass is 511 g/mol. The second-order valence-electron chi connectivity index (χ2n) is 12.2. The Morgan fingerprint density at radius 3 is 1.39 bits per heavy atom. The van der Waals surface area contributed by atoms with Crippen molar-refractivity contribution in [1.29, 1.82) is 0 Å². The molecule has 0 aliphatic rings. The van der Waals surface area contributed by atoms with Gasteiger partial charge in [-0.15, -0.1) is 0 Å². The van der Waals surface area contributed by atoms with Gasteiger partial charge in [-0.1, -0.05) is 105 Å². The summed E-state index contributed by atoms with van der Waals surface area (Å²) in [6.45, 7) is 11.2. The van der Waals surface area contributed by atoms with Gasteiger partial charge in [0.2, 0.25) is 0 Å². The summed E-state index contributed by atoms with van der Waals surface area (Å²) in [6.07, 6.45) is 21.3. The molecule has 0 aliphatic carbocycles. The zero-order valence-corrected chi connectivity index (χ0v) is 25.6. The zero-order valence-electron chi connectivity index (χ0n) is 25.6. The van der Waals surface area contributed by atoms with Crippen molar-refractivity contribution in [3.05, 3.63) is 0 Å². The molecule has 1 atom stereocenters. The van der Waals surface area contributed by atoms with E-state index in [2.05, 4.69) is 48.7 Å². The lowest BCUT2D eigenvalue weighted by Crippen LogP contribution is -2.74. The molecule has 0 rings (SSSR count). The highest BCUT2D eigenvalue weighted by molar-refractivity contribution is 5.66. The van der Waals surface area contributed by atoms with Gasteiger partial charge in [-0.3, -0.25) is 0 Å². The molecule has 0 spiro atoms. The minimum absolute atomic E-state index is 0.243. The average Bonchev–Trinajstić information content (AvgIpc) is 2.82. The van der Waals surface area contributed by atoms with E-state index in [0.717, 1.165) is 88.0 Å².